The van der Waals surface area contributed by atoms with Gasteiger partial charge in [0.25, 0.3) is 0 Å². The van der Waals surface area contributed by atoms with Crippen LogP contribution >= 0.6 is 0 Å². The summed E-state index contributed by atoms with van der Waals surface area (Å²) in [7, 11) is -3.71. The average molecular weight is 385 g/mol. The van der Waals surface area contributed by atoms with Gasteiger partial charge in [-0.05, 0) is 39.5 Å². The number of aryl methyl sites for hydroxylation is 2. The molecule has 0 aromatic carbocycles. The molecule has 2 heterocycles. The average Bonchev–Trinajstić information content (AvgIpc) is 3.36. The van der Waals surface area contributed by atoms with Gasteiger partial charge in [-0.25, -0.2) is 8.42 Å². The standard InChI is InChI=1S/C16H23N3O6S/c1-10-15(11(2)25-17-10)26(23,24)18-7-5-12(6-8-18)16(22)19(9-14(20)21)13-3-4-13/h12-13H,3-9H2,1-2H3,(H,20,21). The van der Waals surface area contributed by atoms with Crippen molar-refractivity contribution in [2.75, 3.05) is 19.6 Å². The van der Waals surface area contributed by atoms with Gasteiger partial charge in [-0.2, -0.15) is 4.31 Å². The first kappa shape index (κ1) is 18.8. The molecular weight excluding hydrogens is 362 g/mol. The lowest BCUT2D eigenvalue weighted by Gasteiger charge is -2.33. The molecule has 1 amide bonds. The molecule has 2 fully saturated rings. The molecular formula is C16H23N3O6S. The maximum Gasteiger partial charge on any atom is 0.323 e. The molecule has 1 saturated carbocycles. The molecule has 0 spiro atoms. The van der Waals surface area contributed by atoms with E-state index in [1.165, 1.54) is 9.21 Å². The third-order valence-electron chi connectivity index (χ3n) is 4.95. The maximum atomic E-state index is 12.8. The van der Waals surface area contributed by atoms with Crippen LogP contribution in [0.3, 0.4) is 0 Å². The fourth-order valence-electron chi connectivity index (χ4n) is 3.47. The van der Waals surface area contributed by atoms with Crippen LogP contribution in [0, 0.1) is 19.8 Å². The van der Waals surface area contributed by atoms with Crippen molar-refractivity contribution in [1.29, 1.82) is 0 Å². The molecule has 144 valence electrons. The second-order valence-electron chi connectivity index (χ2n) is 6.92. The van der Waals surface area contributed by atoms with E-state index in [1.807, 2.05) is 0 Å². The van der Waals surface area contributed by atoms with Crippen LogP contribution in [0.4, 0.5) is 0 Å². The highest BCUT2D eigenvalue weighted by atomic mass is 32.2. The van der Waals surface area contributed by atoms with Gasteiger partial charge in [0.15, 0.2) is 5.76 Å². The van der Waals surface area contributed by atoms with Crippen molar-refractivity contribution in [2.24, 2.45) is 5.92 Å². The van der Waals surface area contributed by atoms with Gasteiger partial charge in [-0.3, -0.25) is 9.59 Å². The zero-order valence-corrected chi connectivity index (χ0v) is 15.7. The number of piperidine rings is 1. The SMILES string of the molecule is Cc1noc(C)c1S(=O)(=O)N1CCC(C(=O)N(CC(=O)O)C2CC2)CC1. The second-order valence-corrected chi connectivity index (χ2v) is 8.80. The van der Waals surface area contributed by atoms with Gasteiger partial charge in [0.2, 0.25) is 15.9 Å². The van der Waals surface area contributed by atoms with Gasteiger partial charge >= 0.3 is 5.97 Å². The van der Waals surface area contributed by atoms with Crippen LogP contribution in [0.1, 0.15) is 37.1 Å². The van der Waals surface area contributed by atoms with Gasteiger partial charge in [0.05, 0.1) is 0 Å². The molecule has 1 aromatic rings. The van der Waals surface area contributed by atoms with E-state index in [9.17, 15) is 18.0 Å². The first-order valence-corrected chi connectivity index (χ1v) is 10.1. The second kappa shape index (κ2) is 6.99. The van der Waals surface area contributed by atoms with Crippen molar-refractivity contribution in [3.8, 4) is 0 Å². The van der Waals surface area contributed by atoms with Crippen molar-refractivity contribution in [3.63, 3.8) is 0 Å². The van der Waals surface area contributed by atoms with Crippen LogP contribution in [-0.2, 0) is 19.6 Å². The summed E-state index contributed by atoms with van der Waals surface area (Å²) in [5.41, 5.74) is 0.321. The predicted molar refractivity (Wildman–Crippen MR) is 89.8 cm³/mol. The number of sulfonamides is 1. The Balaban J connectivity index is 1.67. The summed E-state index contributed by atoms with van der Waals surface area (Å²) in [5.74, 6) is -1.29. The molecule has 26 heavy (non-hydrogen) atoms. The number of aromatic nitrogens is 1. The molecule has 10 heteroatoms. The van der Waals surface area contributed by atoms with E-state index >= 15 is 0 Å². The minimum Gasteiger partial charge on any atom is -0.480 e. The molecule has 0 bridgehead atoms. The molecule has 1 aliphatic heterocycles. The smallest absolute Gasteiger partial charge is 0.323 e. The first-order chi connectivity index (χ1) is 12.2. The molecule has 0 radical (unpaired) electrons. The number of carboxylic acid groups (broad SMARTS) is 1. The Labute approximate surface area is 152 Å². The molecule has 1 aromatic heterocycles. The Morgan fingerprint density at radius 1 is 1.23 bits per heavy atom. The third-order valence-corrected chi connectivity index (χ3v) is 7.09. The normalized spacial score (nSPS) is 19.5. The quantitative estimate of drug-likeness (QED) is 0.767. The molecule has 2 aliphatic rings. The molecule has 1 N–H and O–H groups in total. The number of rotatable bonds is 6. The number of aliphatic carboxylic acids is 1. The van der Waals surface area contributed by atoms with Crippen LogP contribution in [0.5, 0.6) is 0 Å². The summed E-state index contributed by atoms with van der Waals surface area (Å²) in [6.07, 6.45) is 2.42. The highest BCUT2D eigenvalue weighted by Gasteiger charge is 2.40. The maximum absolute atomic E-state index is 12.8. The van der Waals surface area contributed by atoms with E-state index in [-0.39, 0.29) is 48.2 Å². The highest BCUT2D eigenvalue weighted by molar-refractivity contribution is 7.89. The van der Waals surface area contributed by atoms with Gasteiger partial charge < -0.3 is 14.5 Å². The fraction of sp³-hybridized carbons (Fsp3) is 0.688. The molecule has 0 unspecified atom stereocenters. The Hall–Kier alpha value is -1.94. The van der Waals surface area contributed by atoms with E-state index < -0.39 is 16.0 Å². The molecule has 1 aliphatic carbocycles. The number of carbonyl (C=O) groups excluding carboxylic acids is 1. The van der Waals surface area contributed by atoms with Crippen molar-refractivity contribution in [2.45, 2.75) is 50.5 Å². The van der Waals surface area contributed by atoms with Gasteiger partial charge in [0, 0.05) is 25.0 Å². The minimum atomic E-state index is -3.71. The van der Waals surface area contributed by atoms with Crippen LogP contribution < -0.4 is 0 Å². The van der Waals surface area contributed by atoms with Crippen LogP contribution in [0.15, 0.2) is 9.42 Å². The zero-order valence-electron chi connectivity index (χ0n) is 14.8. The molecule has 1 saturated heterocycles. The first-order valence-electron chi connectivity index (χ1n) is 8.67. The number of nitrogens with zero attached hydrogens (tertiary/aromatic N) is 3. The Bertz CT molecular complexity index is 786. The Morgan fingerprint density at radius 3 is 2.31 bits per heavy atom. The number of amides is 1. The molecule has 9 nitrogen and oxygen atoms in total. The Morgan fingerprint density at radius 2 is 1.85 bits per heavy atom. The fourth-order valence-corrected chi connectivity index (χ4v) is 5.23. The minimum absolute atomic E-state index is 0.0164. The molecule has 0 atom stereocenters. The number of carboxylic acids is 1. The predicted octanol–water partition coefficient (Wildman–Crippen LogP) is 0.768. The molecule has 3 rings (SSSR count). The van der Waals surface area contributed by atoms with Crippen LogP contribution in [0.2, 0.25) is 0 Å². The highest BCUT2D eigenvalue weighted by Crippen LogP contribution is 2.32. The monoisotopic (exact) mass is 385 g/mol. The van der Waals surface area contributed by atoms with E-state index in [1.54, 1.807) is 13.8 Å². The van der Waals surface area contributed by atoms with Crippen molar-refractivity contribution in [1.82, 2.24) is 14.4 Å². The van der Waals surface area contributed by atoms with Gasteiger partial charge in [0.1, 0.15) is 17.1 Å². The third kappa shape index (κ3) is 3.61. The van der Waals surface area contributed by atoms with E-state index in [4.69, 9.17) is 9.63 Å². The van der Waals surface area contributed by atoms with Crippen LogP contribution in [0.25, 0.3) is 0 Å². The lowest BCUT2D eigenvalue weighted by Crippen LogP contribution is -2.46. The topological polar surface area (TPSA) is 121 Å². The van der Waals surface area contributed by atoms with Crippen molar-refractivity contribution in [3.05, 3.63) is 11.5 Å². The summed E-state index contributed by atoms with van der Waals surface area (Å²) in [4.78, 5) is 25.2. The number of hydrogen-bond donors (Lipinski definition) is 1. The lowest BCUT2D eigenvalue weighted by atomic mass is 9.96. The van der Waals surface area contributed by atoms with E-state index in [0.717, 1.165) is 12.8 Å². The summed E-state index contributed by atoms with van der Waals surface area (Å²) < 4.78 is 31.9. The number of carbonyl (C=O) groups is 2. The Kier molecular flexibility index (Phi) is 5.07. The van der Waals surface area contributed by atoms with Crippen LogP contribution in [-0.4, -0.2) is 65.4 Å². The van der Waals surface area contributed by atoms with E-state index in [2.05, 4.69) is 5.16 Å². The lowest BCUT2D eigenvalue weighted by molar-refractivity contribution is -0.147. The van der Waals surface area contributed by atoms with Crippen molar-refractivity contribution < 1.29 is 27.6 Å². The summed E-state index contributed by atoms with van der Waals surface area (Å²) >= 11 is 0. The van der Waals surface area contributed by atoms with E-state index in [0.29, 0.717) is 18.5 Å². The summed E-state index contributed by atoms with van der Waals surface area (Å²) in [5, 5.41) is 12.7. The summed E-state index contributed by atoms with van der Waals surface area (Å²) in [6.45, 7) is 3.28. The largest absolute Gasteiger partial charge is 0.480 e. The van der Waals surface area contributed by atoms with Crippen molar-refractivity contribution >= 4 is 21.9 Å². The number of hydrogen-bond acceptors (Lipinski definition) is 6. The van der Waals surface area contributed by atoms with Gasteiger partial charge in [-0.1, -0.05) is 5.16 Å². The van der Waals surface area contributed by atoms with Gasteiger partial charge in [-0.15, -0.1) is 0 Å². The summed E-state index contributed by atoms with van der Waals surface area (Å²) in [6, 6.07) is 0.0164. The zero-order chi connectivity index (χ0) is 19.1.